The first-order chi connectivity index (χ1) is 7.24. The van der Waals surface area contributed by atoms with Gasteiger partial charge in [-0.2, -0.15) is 11.8 Å². The first-order valence-corrected chi connectivity index (χ1v) is 6.60. The molecular formula is C9H19N5S. The van der Waals surface area contributed by atoms with Crippen LogP contribution in [0.3, 0.4) is 0 Å². The van der Waals surface area contributed by atoms with Crippen molar-refractivity contribution in [3.05, 3.63) is 5.82 Å². The van der Waals surface area contributed by atoms with Crippen molar-refractivity contribution in [1.29, 1.82) is 0 Å². The van der Waals surface area contributed by atoms with Gasteiger partial charge in [-0.3, -0.25) is 0 Å². The Balaban J connectivity index is 2.39. The summed E-state index contributed by atoms with van der Waals surface area (Å²) in [7, 11) is 0. The molecule has 0 aromatic carbocycles. The lowest BCUT2D eigenvalue weighted by atomic mass is 10.4. The molecule has 5 nitrogen and oxygen atoms in total. The summed E-state index contributed by atoms with van der Waals surface area (Å²) in [5, 5.41) is 15.0. The van der Waals surface area contributed by atoms with Gasteiger partial charge in [-0.25, -0.2) is 4.68 Å². The Morgan fingerprint density at radius 2 is 2.27 bits per heavy atom. The number of tetrazole rings is 1. The van der Waals surface area contributed by atoms with Crippen molar-refractivity contribution < 1.29 is 0 Å². The van der Waals surface area contributed by atoms with E-state index in [-0.39, 0.29) is 0 Å². The van der Waals surface area contributed by atoms with E-state index in [0.717, 1.165) is 31.1 Å². The average molecular weight is 229 g/mol. The Labute approximate surface area is 95.0 Å². The van der Waals surface area contributed by atoms with E-state index in [4.69, 9.17) is 0 Å². The summed E-state index contributed by atoms with van der Waals surface area (Å²) in [6.45, 7) is 5.87. The van der Waals surface area contributed by atoms with Gasteiger partial charge in [0.05, 0.1) is 6.54 Å². The lowest BCUT2D eigenvalue weighted by molar-refractivity contribution is 0.514. The van der Waals surface area contributed by atoms with Crippen LogP contribution >= 0.6 is 11.8 Å². The van der Waals surface area contributed by atoms with E-state index >= 15 is 0 Å². The predicted octanol–water partition coefficient (Wildman–Crippen LogP) is 0.924. The molecule has 0 aliphatic heterocycles. The average Bonchev–Trinajstić information content (AvgIpc) is 2.63. The number of nitrogens with one attached hydrogen (secondary N) is 1. The minimum absolute atomic E-state index is 0.460. The molecule has 0 bridgehead atoms. The van der Waals surface area contributed by atoms with E-state index < -0.39 is 0 Å². The number of rotatable bonds is 7. The summed E-state index contributed by atoms with van der Waals surface area (Å²) in [6, 6.07) is 0.460. The quantitative estimate of drug-likeness (QED) is 0.705. The van der Waals surface area contributed by atoms with Crippen molar-refractivity contribution in [3.63, 3.8) is 0 Å². The first-order valence-electron chi connectivity index (χ1n) is 5.21. The third kappa shape index (κ3) is 4.61. The van der Waals surface area contributed by atoms with Crippen LogP contribution < -0.4 is 5.32 Å². The standard InChI is InChI=1S/C9H19N5S/c1-8(2)10-7-9-11-12-13-14(9)5-4-6-15-3/h8,10H,4-7H2,1-3H3. The van der Waals surface area contributed by atoms with Crippen LogP contribution in [0.15, 0.2) is 0 Å². The van der Waals surface area contributed by atoms with Crippen LogP contribution in [-0.4, -0.2) is 38.3 Å². The van der Waals surface area contributed by atoms with E-state index in [2.05, 4.69) is 40.9 Å². The molecule has 0 amide bonds. The second-order valence-electron chi connectivity index (χ2n) is 3.70. The zero-order valence-corrected chi connectivity index (χ0v) is 10.4. The van der Waals surface area contributed by atoms with Crippen molar-refractivity contribution in [2.24, 2.45) is 0 Å². The molecule has 1 aromatic heterocycles. The molecule has 6 heteroatoms. The molecule has 1 aromatic rings. The first kappa shape index (κ1) is 12.4. The number of aromatic nitrogens is 4. The van der Waals surface area contributed by atoms with Crippen LogP contribution in [0, 0.1) is 0 Å². The highest BCUT2D eigenvalue weighted by Crippen LogP contribution is 2.00. The van der Waals surface area contributed by atoms with Gasteiger partial charge in [-0.15, -0.1) is 5.10 Å². The third-order valence-electron chi connectivity index (χ3n) is 1.99. The molecule has 0 saturated carbocycles. The summed E-state index contributed by atoms with van der Waals surface area (Å²) < 4.78 is 1.88. The Kier molecular flexibility index (Phi) is 5.63. The summed E-state index contributed by atoms with van der Waals surface area (Å²) in [4.78, 5) is 0. The van der Waals surface area contributed by atoms with Crippen LogP contribution in [0.1, 0.15) is 26.1 Å². The maximum atomic E-state index is 4.00. The maximum absolute atomic E-state index is 4.00. The van der Waals surface area contributed by atoms with Crippen molar-refractivity contribution in [3.8, 4) is 0 Å². The van der Waals surface area contributed by atoms with E-state index in [1.54, 1.807) is 0 Å². The van der Waals surface area contributed by atoms with Crippen LogP contribution in [-0.2, 0) is 13.1 Å². The van der Waals surface area contributed by atoms with Gasteiger partial charge in [-0.1, -0.05) is 13.8 Å². The summed E-state index contributed by atoms with van der Waals surface area (Å²) >= 11 is 1.85. The van der Waals surface area contributed by atoms with Gasteiger partial charge in [0.1, 0.15) is 0 Å². The van der Waals surface area contributed by atoms with Gasteiger partial charge in [0.15, 0.2) is 5.82 Å². The molecule has 1 rings (SSSR count). The van der Waals surface area contributed by atoms with Crippen molar-refractivity contribution in [2.75, 3.05) is 12.0 Å². The normalized spacial score (nSPS) is 11.2. The number of aryl methyl sites for hydroxylation is 1. The lowest BCUT2D eigenvalue weighted by Crippen LogP contribution is -2.24. The van der Waals surface area contributed by atoms with Crippen molar-refractivity contribution >= 4 is 11.8 Å². The fourth-order valence-electron chi connectivity index (χ4n) is 1.18. The zero-order valence-electron chi connectivity index (χ0n) is 9.60. The van der Waals surface area contributed by atoms with E-state index in [1.165, 1.54) is 0 Å². The molecule has 0 aliphatic carbocycles. The topological polar surface area (TPSA) is 55.6 Å². The Hall–Kier alpha value is -0.620. The number of thioether (sulfide) groups is 1. The van der Waals surface area contributed by atoms with E-state index in [1.807, 2.05) is 16.4 Å². The molecule has 0 aliphatic rings. The van der Waals surface area contributed by atoms with Gasteiger partial charge >= 0.3 is 0 Å². The van der Waals surface area contributed by atoms with Crippen LogP contribution in [0.5, 0.6) is 0 Å². The van der Waals surface area contributed by atoms with Crippen LogP contribution in [0.2, 0.25) is 0 Å². The van der Waals surface area contributed by atoms with Gasteiger partial charge < -0.3 is 5.32 Å². The fraction of sp³-hybridized carbons (Fsp3) is 0.889. The summed E-state index contributed by atoms with van der Waals surface area (Å²) in [5.41, 5.74) is 0. The third-order valence-corrected chi connectivity index (χ3v) is 2.69. The molecule has 86 valence electrons. The summed E-state index contributed by atoms with van der Waals surface area (Å²) in [6.07, 6.45) is 3.22. The monoisotopic (exact) mass is 229 g/mol. The molecule has 0 fully saturated rings. The van der Waals surface area contributed by atoms with Gasteiger partial charge in [0.25, 0.3) is 0 Å². The molecule has 0 unspecified atom stereocenters. The minimum Gasteiger partial charge on any atom is -0.308 e. The molecule has 0 spiro atoms. The van der Waals surface area contributed by atoms with Gasteiger partial charge in [-0.05, 0) is 28.9 Å². The molecular weight excluding hydrogens is 210 g/mol. The molecule has 0 saturated heterocycles. The van der Waals surface area contributed by atoms with Crippen LogP contribution in [0.25, 0.3) is 0 Å². The Morgan fingerprint density at radius 1 is 1.47 bits per heavy atom. The number of hydrogen-bond acceptors (Lipinski definition) is 5. The van der Waals surface area contributed by atoms with Crippen molar-refractivity contribution in [2.45, 2.75) is 39.4 Å². The summed E-state index contributed by atoms with van der Waals surface area (Å²) in [5.74, 6) is 2.07. The molecule has 0 atom stereocenters. The van der Waals surface area contributed by atoms with Gasteiger partial charge in [0.2, 0.25) is 0 Å². The lowest BCUT2D eigenvalue weighted by Gasteiger charge is -2.07. The van der Waals surface area contributed by atoms with Crippen molar-refractivity contribution in [1.82, 2.24) is 25.5 Å². The highest BCUT2D eigenvalue weighted by atomic mass is 32.2. The van der Waals surface area contributed by atoms with E-state index in [0.29, 0.717) is 6.04 Å². The Bertz CT molecular complexity index is 273. The van der Waals surface area contributed by atoms with Crippen LogP contribution in [0.4, 0.5) is 0 Å². The van der Waals surface area contributed by atoms with Gasteiger partial charge in [0, 0.05) is 12.6 Å². The molecule has 1 N–H and O–H groups in total. The Morgan fingerprint density at radius 3 is 2.93 bits per heavy atom. The number of hydrogen-bond donors (Lipinski definition) is 1. The smallest absolute Gasteiger partial charge is 0.165 e. The second kappa shape index (κ2) is 6.79. The van der Waals surface area contributed by atoms with E-state index in [9.17, 15) is 0 Å². The number of nitrogens with zero attached hydrogens (tertiary/aromatic N) is 4. The zero-order chi connectivity index (χ0) is 11.1. The SMILES string of the molecule is CSCCCn1nnnc1CNC(C)C. The largest absolute Gasteiger partial charge is 0.308 e. The molecule has 1 heterocycles. The fourth-order valence-corrected chi connectivity index (χ4v) is 1.60. The minimum atomic E-state index is 0.460. The highest BCUT2D eigenvalue weighted by molar-refractivity contribution is 7.98. The highest BCUT2D eigenvalue weighted by Gasteiger charge is 2.05. The second-order valence-corrected chi connectivity index (χ2v) is 4.69. The molecule has 0 radical (unpaired) electrons. The molecule has 15 heavy (non-hydrogen) atoms. The maximum Gasteiger partial charge on any atom is 0.165 e. The predicted molar refractivity (Wildman–Crippen MR) is 62.8 cm³/mol.